The van der Waals surface area contributed by atoms with Crippen molar-refractivity contribution < 1.29 is 4.42 Å². The van der Waals surface area contributed by atoms with Crippen molar-refractivity contribution >= 4 is 0 Å². The van der Waals surface area contributed by atoms with E-state index in [4.69, 9.17) is 4.42 Å². The number of hydrogen-bond donors (Lipinski definition) is 0. The van der Waals surface area contributed by atoms with Gasteiger partial charge in [0.05, 0.1) is 0 Å². The molecule has 3 aromatic rings. The van der Waals surface area contributed by atoms with Crippen molar-refractivity contribution in [1.29, 1.82) is 0 Å². The van der Waals surface area contributed by atoms with E-state index in [0.717, 1.165) is 5.76 Å². The van der Waals surface area contributed by atoms with E-state index in [1.807, 2.05) is 0 Å². The first-order valence-corrected chi connectivity index (χ1v) is 9.16. The predicted molar refractivity (Wildman–Crippen MR) is 97.3 cm³/mol. The van der Waals surface area contributed by atoms with Crippen molar-refractivity contribution in [2.75, 3.05) is 0 Å². The first-order valence-electron chi connectivity index (χ1n) is 9.16. The summed E-state index contributed by atoms with van der Waals surface area (Å²) in [5, 5.41) is 0. The summed E-state index contributed by atoms with van der Waals surface area (Å²) in [6.45, 7) is 0. The third-order valence-corrected chi connectivity index (χ3v) is 5.64. The average Bonchev–Trinajstić information content (AvgIpc) is 3.37. The van der Waals surface area contributed by atoms with Gasteiger partial charge in [-0.25, -0.2) is 0 Å². The van der Waals surface area contributed by atoms with E-state index in [9.17, 15) is 0 Å². The maximum atomic E-state index is 6.53. The van der Waals surface area contributed by atoms with E-state index in [1.54, 1.807) is 0 Å². The number of fused-ring (bicyclic) bond motifs is 1. The van der Waals surface area contributed by atoms with E-state index in [-0.39, 0.29) is 0 Å². The highest BCUT2D eigenvalue weighted by molar-refractivity contribution is 5.65. The smallest absolute Gasteiger partial charge is 0.137 e. The largest absolute Gasteiger partial charge is 0.460 e. The van der Waals surface area contributed by atoms with E-state index in [2.05, 4.69) is 60.7 Å². The third kappa shape index (κ3) is 2.31. The molecule has 1 aromatic heterocycles. The molecule has 0 N–H and O–H groups in total. The van der Waals surface area contributed by atoms with Crippen LogP contribution < -0.4 is 0 Å². The highest BCUT2D eigenvalue weighted by Gasteiger charge is 2.44. The minimum Gasteiger partial charge on any atom is -0.460 e. The fraction of sp³-hybridized carbons (Fsp3) is 0.304. The zero-order valence-corrected chi connectivity index (χ0v) is 13.9. The van der Waals surface area contributed by atoms with Gasteiger partial charge in [0, 0.05) is 17.0 Å². The molecule has 2 unspecified atom stereocenters. The van der Waals surface area contributed by atoms with Crippen LogP contribution in [0.4, 0.5) is 0 Å². The van der Waals surface area contributed by atoms with Gasteiger partial charge in [-0.2, -0.15) is 0 Å². The monoisotopic (exact) mass is 314 g/mol. The van der Waals surface area contributed by atoms with Gasteiger partial charge >= 0.3 is 0 Å². The van der Waals surface area contributed by atoms with Crippen molar-refractivity contribution in [3.63, 3.8) is 0 Å². The van der Waals surface area contributed by atoms with Gasteiger partial charge in [-0.3, -0.25) is 0 Å². The fourth-order valence-corrected chi connectivity index (χ4v) is 4.34. The molecule has 2 aliphatic carbocycles. The molecule has 2 atom stereocenters. The van der Waals surface area contributed by atoms with Crippen LogP contribution in [0.3, 0.4) is 0 Å². The highest BCUT2D eigenvalue weighted by atomic mass is 16.3. The van der Waals surface area contributed by atoms with Gasteiger partial charge < -0.3 is 4.42 Å². The van der Waals surface area contributed by atoms with Crippen molar-refractivity contribution in [3.05, 3.63) is 83.1 Å². The van der Waals surface area contributed by atoms with Crippen LogP contribution >= 0.6 is 0 Å². The van der Waals surface area contributed by atoms with Crippen LogP contribution in [-0.4, -0.2) is 0 Å². The Bertz CT molecular complexity index is 845. The van der Waals surface area contributed by atoms with Crippen LogP contribution in [0.15, 0.2) is 65.1 Å². The van der Waals surface area contributed by atoms with Gasteiger partial charge in [0.15, 0.2) is 0 Å². The molecule has 0 spiro atoms. The van der Waals surface area contributed by atoms with Gasteiger partial charge in [-0.15, -0.1) is 0 Å². The second-order valence-corrected chi connectivity index (χ2v) is 7.19. The van der Waals surface area contributed by atoms with Gasteiger partial charge in [0.2, 0.25) is 0 Å². The van der Waals surface area contributed by atoms with E-state index < -0.39 is 0 Å². The molecule has 0 saturated heterocycles. The topological polar surface area (TPSA) is 13.1 Å². The first kappa shape index (κ1) is 14.1. The number of benzene rings is 2. The van der Waals surface area contributed by atoms with Crippen molar-refractivity contribution in [3.8, 4) is 11.3 Å². The lowest BCUT2D eigenvalue weighted by Gasteiger charge is -2.12. The SMILES string of the molecule is c1ccc(-c2oc(C3CC3c3ccccc3)c3c2CCCC3)cc1. The summed E-state index contributed by atoms with van der Waals surface area (Å²) in [5.74, 6) is 3.65. The Hall–Kier alpha value is -2.28. The van der Waals surface area contributed by atoms with Crippen LogP contribution in [0.2, 0.25) is 0 Å². The summed E-state index contributed by atoms with van der Waals surface area (Å²) in [6, 6.07) is 21.6. The standard InChI is InChI=1S/C23H22O/c1-3-9-16(10-4-1)20-15-21(20)23-19-14-8-7-13-18(19)22(24-23)17-11-5-2-6-12-17/h1-6,9-12,20-21H,7-8,13-15H2. The lowest BCUT2D eigenvalue weighted by molar-refractivity contribution is 0.516. The van der Waals surface area contributed by atoms with E-state index in [0.29, 0.717) is 11.8 Å². The summed E-state index contributed by atoms with van der Waals surface area (Å²) < 4.78 is 6.53. The van der Waals surface area contributed by atoms with Crippen LogP contribution in [0.1, 0.15) is 53.5 Å². The van der Waals surface area contributed by atoms with Crippen LogP contribution in [0.5, 0.6) is 0 Å². The highest BCUT2D eigenvalue weighted by Crippen LogP contribution is 2.57. The van der Waals surface area contributed by atoms with Crippen molar-refractivity contribution in [2.45, 2.75) is 43.9 Å². The molecule has 0 bridgehead atoms. The predicted octanol–water partition coefficient (Wildman–Crippen LogP) is 6.10. The molecule has 1 heterocycles. The summed E-state index contributed by atoms with van der Waals surface area (Å²) >= 11 is 0. The normalized spacial score (nSPS) is 22.2. The maximum absolute atomic E-state index is 6.53. The Balaban J connectivity index is 1.55. The van der Waals surface area contributed by atoms with Gasteiger partial charge in [0.25, 0.3) is 0 Å². The molecule has 0 aliphatic heterocycles. The number of hydrogen-bond acceptors (Lipinski definition) is 1. The lowest BCUT2D eigenvalue weighted by atomic mass is 9.89. The fourth-order valence-electron chi connectivity index (χ4n) is 4.34. The van der Waals surface area contributed by atoms with E-state index in [1.165, 1.54) is 60.1 Å². The Morgan fingerprint density at radius 1 is 0.708 bits per heavy atom. The quantitative estimate of drug-likeness (QED) is 0.569. The third-order valence-electron chi connectivity index (χ3n) is 5.64. The maximum Gasteiger partial charge on any atom is 0.137 e. The molecule has 0 radical (unpaired) electrons. The van der Waals surface area contributed by atoms with E-state index >= 15 is 0 Å². The zero-order chi connectivity index (χ0) is 15.9. The average molecular weight is 314 g/mol. The van der Waals surface area contributed by atoms with Gasteiger partial charge in [0.1, 0.15) is 11.5 Å². The van der Waals surface area contributed by atoms with Crippen LogP contribution in [-0.2, 0) is 12.8 Å². The second-order valence-electron chi connectivity index (χ2n) is 7.19. The molecule has 120 valence electrons. The summed E-state index contributed by atoms with van der Waals surface area (Å²) in [6.07, 6.45) is 6.19. The number of rotatable bonds is 3. The minimum absolute atomic E-state index is 0.580. The zero-order valence-electron chi connectivity index (χ0n) is 13.9. The molecule has 5 rings (SSSR count). The Morgan fingerprint density at radius 2 is 1.38 bits per heavy atom. The van der Waals surface area contributed by atoms with Crippen molar-refractivity contribution in [1.82, 2.24) is 0 Å². The molecule has 2 aromatic carbocycles. The molecule has 1 saturated carbocycles. The van der Waals surface area contributed by atoms with Crippen LogP contribution in [0.25, 0.3) is 11.3 Å². The summed E-state index contributed by atoms with van der Waals surface area (Å²) in [5.41, 5.74) is 5.72. The van der Waals surface area contributed by atoms with Crippen LogP contribution in [0, 0.1) is 0 Å². The lowest BCUT2D eigenvalue weighted by Crippen LogP contribution is -2.02. The second kappa shape index (κ2) is 5.66. The Morgan fingerprint density at radius 3 is 2.12 bits per heavy atom. The minimum atomic E-state index is 0.580. The molecule has 1 nitrogen and oxygen atoms in total. The van der Waals surface area contributed by atoms with Gasteiger partial charge in [-0.1, -0.05) is 60.7 Å². The summed E-state index contributed by atoms with van der Waals surface area (Å²) in [7, 11) is 0. The first-order chi connectivity index (χ1) is 11.9. The molecule has 1 fully saturated rings. The molecule has 2 aliphatic rings. The Labute approximate surface area is 143 Å². The molecule has 24 heavy (non-hydrogen) atoms. The molecule has 0 amide bonds. The summed E-state index contributed by atoms with van der Waals surface area (Å²) in [4.78, 5) is 0. The Kier molecular flexibility index (Phi) is 3.33. The molecule has 1 heteroatoms. The molecular formula is C23H22O. The molecular weight excluding hydrogens is 292 g/mol. The van der Waals surface area contributed by atoms with Crippen molar-refractivity contribution in [2.24, 2.45) is 0 Å². The van der Waals surface area contributed by atoms with Gasteiger partial charge in [-0.05, 0) is 49.1 Å². The number of furan rings is 1.